The van der Waals surface area contributed by atoms with E-state index in [1.54, 1.807) is 7.11 Å². The van der Waals surface area contributed by atoms with Gasteiger partial charge in [0.2, 0.25) is 5.91 Å². The molecule has 1 amide bonds. The van der Waals surface area contributed by atoms with Crippen molar-refractivity contribution in [3.63, 3.8) is 0 Å². The molecule has 0 spiro atoms. The highest BCUT2D eigenvalue weighted by Gasteiger charge is 2.38. The quantitative estimate of drug-likeness (QED) is 0.837. The molecule has 2 rings (SSSR count). The summed E-state index contributed by atoms with van der Waals surface area (Å²) in [5.41, 5.74) is 6.26. The van der Waals surface area contributed by atoms with Crippen LogP contribution in [0.25, 0.3) is 0 Å². The Labute approximate surface area is 136 Å². The predicted molar refractivity (Wildman–Crippen MR) is 85.8 cm³/mol. The van der Waals surface area contributed by atoms with Crippen LogP contribution in [-0.2, 0) is 14.3 Å². The fourth-order valence-electron chi connectivity index (χ4n) is 2.70. The number of nitrogens with two attached hydrogens (primary N) is 1. The summed E-state index contributed by atoms with van der Waals surface area (Å²) in [6, 6.07) is 7.45. The van der Waals surface area contributed by atoms with Gasteiger partial charge in [-0.05, 0) is 30.5 Å². The highest BCUT2D eigenvalue weighted by molar-refractivity contribution is 6.30. The monoisotopic (exact) mass is 326 g/mol. The molecule has 1 aromatic rings. The molecule has 5 nitrogen and oxygen atoms in total. The molecule has 6 heteroatoms. The van der Waals surface area contributed by atoms with Gasteiger partial charge in [-0.2, -0.15) is 0 Å². The first kappa shape index (κ1) is 17.2. The molecule has 1 unspecified atom stereocenters. The van der Waals surface area contributed by atoms with Gasteiger partial charge in [0.05, 0.1) is 11.5 Å². The average Bonchev–Trinajstić information content (AvgIpc) is 2.56. The van der Waals surface area contributed by atoms with Crippen LogP contribution in [0.2, 0.25) is 5.02 Å². The molecule has 1 saturated heterocycles. The van der Waals surface area contributed by atoms with E-state index >= 15 is 0 Å². The highest BCUT2D eigenvalue weighted by atomic mass is 35.5. The number of amides is 1. The molecular formula is C16H23ClN2O3. The van der Waals surface area contributed by atoms with Gasteiger partial charge in [-0.25, -0.2) is 0 Å². The van der Waals surface area contributed by atoms with E-state index in [0.717, 1.165) is 5.56 Å². The third-order valence-corrected chi connectivity index (χ3v) is 4.51. The van der Waals surface area contributed by atoms with E-state index in [-0.39, 0.29) is 12.0 Å². The van der Waals surface area contributed by atoms with Gasteiger partial charge in [0.25, 0.3) is 0 Å². The highest BCUT2D eigenvalue weighted by Crippen LogP contribution is 2.30. The maximum atomic E-state index is 12.5. The van der Waals surface area contributed by atoms with Crippen LogP contribution in [0.3, 0.4) is 0 Å². The molecular weight excluding hydrogens is 304 g/mol. The Balaban J connectivity index is 1.99. The Morgan fingerprint density at radius 3 is 2.82 bits per heavy atom. The Kier molecular flexibility index (Phi) is 6.20. The van der Waals surface area contributed by atoms with Crippen molar-refractivity contribution in [3.8, 4) is 0 Å². The number of benzene rings is 1. The summed E-state index contributed by atoms with van der Waals surface area (Å²) < 4.78 is 10.8. The van der Waals surface area contributed by atoms with Crippen LogP contribution in [0.1, 0.15) is 24.5 Å². The molecule has 0 saturated carbocycles. The molecule has 3 N–H and O–H groups in total. The van der Waals surface area contributed by atoms with E-state index in [9.17, 15) is 4.79 Å². The first-order valence-corrected chi connectivity index (χ1v) is 7.83. The lowest BCUT2D eigenvalue weighted by atomic mass is 9.79. The van der Waals surface area contributed by atoms with Gasteiger partial charge in [-0.15, -0.1) is 0 Å². The summed E-state index contributed by atoms with van der Waals surface area (Å²) in [5.74, 6) is -0.0256. The zero-order valence-electron chi connectivity index (χ0n) is 12.8. The molecule has 1 fully saturated rings. The van der Waals surface area contributed by atoms with Crippen molar-refractivity contribution in [2.24, 2.45) is 11.1 Å². The van der Waals surface area contributed by atoms with Crippen molar-refractivity contribution in [2.75, 3.05) is 33.4 Å². The fourth-order valence-corrected chi connectivity index (χ4v) is 2.90. The Hall–Kier alpha value is -1.14. The van der Waals surface area contributed by atoms with E-state index in [0.29, 0.717) is 44.2 Å². The molecule has 1 aliphatic rings. The molecule has 1 atom stereocenters. The Morgan fingerprint density at radius 2 is 2.23 bits per heavy atom. The molecule has 0 radical (unpaired) electrons. The lowest BCUT2D eigenvalue weighted by molar-refractivity contribution is -0.136. The topological polar surface area (TPSA) is 73.6 Å². The number of hydrogen-bond acceptors (Lipinski definition) is 4. The van der Waals surface area contributed by atoms with Crippen LogP contribution in [0, 0.1) is 5.41 Å². The zero-order chi connectivity index (χ0) is 16.0. The Bertz CT molecular complexity index is 504. The number of halogens is 1. The molecule has 0 bridgehead atoms. The maximum absolute atomic E-state index is 12.5. The lowest BCUT2D eigenvalue weighted by Gasteiger charge is -2.35. The van der Waals surface area contributed by atoms with Crippen LogP contribution in [0.4, 0.5) is 0 Å². The minimum Gasteiger partial charge on any atom is -0.381 e. The van der Waals surface area contributed by atoms with Crippen LogP contribution < -0.4 is 11.1 Å². The van der Waals surface area contributed by atoms with E-state index in [1.165, 1.54) is 0 Å². The normalized spacial score (nSPS) is 18.7. The first-order valence-electron chi connectivity index (χ1n) is 7.46. The lowest BCUT2D eigenvalue weighted by Crippen LogP contribution is -2.50. The second-order valence-corrected chi connectivity index (χ2v) is 6.02. The molecule has 1 heterocycles. The third kappa shape index (κ3) is 3.98. The van der Waals surface area contributed by atoms with Crippen LogP contribution in [-0.4, -0.2) is 39.3 Å². The summed E-state index contributed by atoms with van der Waals surface area (Å²) in [6.45, 7) is 1.87. The molecule has 22 heavy (non-hydrogen) atoms. The van der Waals surface area contributed by atoms with Gasteiger partial charge in [-0.3, -0.25) is 4.79 Å². The SMILES string of the molecule is COC(CNC(=O)C1(CN)CCOCC1)c1cccc(Cl)c1. The van der Waals surface area contributed by atoms with Crippen molar-refractivity contribution in [1.82, 2.24) is 5.32 Å². The van der Waals surface area contributed by atoms with Crippen molar-refractivity contribution in [1.29, 1.82) is 0 Å². The summed E-state index contributed by atoms with van der Waals surface area (Å²) in [4.78, 5) is 12.5. The Morgan fingerprint density at radius 1 is 1.50 bits per heavy atom. The third-order valence-electron chi connectivity index (χ3n) is 4.28. The van der Waals surface area contributed by atoms with Crippen molar-refractivity contribution in [3.05, 3.63) is 34.9 Å². The van der Waals surface area contributed by atoms with Gasteiger partial charge >= 0.3 is 0 Å². The number of rotatable bonds is 6. The summed E-state index contributed by atoms with van der Waals surface area (Å²) in [6.07, 6.45) is 1.08. The van der Waals surface area contributed by atoms with E-state index in [4.69, 9.17) is 26.8 Å². The molecule has 0 aromatic heterocycles. The van der Waals surface area contributed by atoms with Gasteiger partial charge in [0.1, 0.15) is 0 Å². The molecule has 1 aromatic carbocycles. The predicted octanol–water partition coefficient (Wildman–Crippen LogP) is 1.90. The fraction of sp³-hybridized carbons (Fsp3) is 0.562. The molecule has 1 aliphatic heterocycles. The van der Waals surface area contributed by atoms with Crippen molar-refractivity contribution in [2.45, 2.75) is 18.9 Å². The number of nitrogens with one attached hydrogen (secondary N) is 1. The first-order chi connectivity index (χ1) is 10.6. The van der Waals surface area contributed by atoms with E-state index < -0.39 is 5.41 Å². The van der Waals surface area contributed by atoms with E-state index in [2.05, 4.69) is 5.32 Å². The van der Waals surface area contributed by atoms with Gasteiger partial charge in [0, 0.05) is 38.4 Å². The smallest absolute Gasteiger partial charge is 0.227 e. The van der Waals surface area contributed by atoms with Gasteiger partial charge < -0.3 is 20.5 Å². The second kappa shape index (κ2) is 7.92. The summed E-state index contributed by atoms with van der Waals surface area (Å²) in [5, 5.41) is 3.62. The molecule has 122 valence electrons. The summed E-state index contributed by atoms with van der Waals surface area (Å²) >= 11 is 6.00. The number of methoxy groups -OCH3 is 1. The van der Waals surface area contributed by atoms with Crippen LogP contribution in [0.5, 0.6) is 0 Å². The van der Waals surface area contributed by atoms with E-state index in [1.807, 2.05) is 24.3 Å². The minimum atomic E-state index is -0.523. The van der Waals surface area contributed by atoms with Crippen LogP contribution >= 0.6 is 11.6 Å². The minimum absolute atomic E-state index is 0.0256. The van der Waals surface area contributed by atoms with Gasteiger partial charge in [-0.1, -0.05) is 23.7 Å². The number of ether oxygens (including phenoxy) is 2. The zero-order valence-corrected chi connectivity index (χ0v) is 13.6. The second-order valence-electron chi connectivity index (χ2n) is 5.59. The maximum Gasteiger partial charge on any atom is 0.227 e. The summed E-state index contributed by atoms with van der Waals surface area (Å²) in [7, 11) is 1.62. The number of carbonyl (C=O) groups is 1. The number of hydrogen-bond donors (Lipinski definition) is 2. The standard InChI is InChI=1S/C16H23ClN2O3/c1-21-14(12-3-2-4-13(17)9-12)10-19-15(20)16(11-18)5-7-22-8-6-16/h2-4,9,14H,5-8,10-11,18H2,1H3,(H,19,20). The number of carbonyl (C=O) groups excluding carboxylic acids is 1. The molecule has 0 aliphatic carbocycles. The van der Waals surface area contributed by atoms with Crippen LogP contribution in [0.15, 0.2) is 24.3 Å². The van der Waals surface area contributed by atoms with Gasteiger partial charge in [0.15, 0.2) is 0 Å². The average molecular weight is 327 g/mol. The largest absolute Gasteiger partial charge is 0.381 e. The van der Waals surface area contributed by atoms with Crippen molar-refractivity contribution < 1.29 is 14.3 Å². The van der Waals surface area contributed by atoms with Crippen molar-refractivity contribution >= 4 is 17.5 Å².